The predicted molar refractivity (Wildman–Crippen MR) is 64.1 cm³/mol. The third kappa shape index (κ3) is 1.69. The van der Waals surface area contributed by atoms with Gasteiger partial charge in [0, 0.05) is 19.8 Å². The summed E-state index contributed by atoms with van der Waals surface area (Å²) in [4.78, 5) is 0. The normalized spacial score (nSPS) is 35.4. The lowest BCUT2D eigenvalue weighted by Gasteiger charge is -2.40. The number of fused-ring (bicyclic) bond motifs is 2. The summed E-state index contributed by atoms with van der Waals surface area (Å²) in [6, 6.07) is 0. The predicted octanol–water partition coefficient (Wildman–Crippen LogP) is 3.32. The van der Waals surface area contributed by atoms with Crippen LogP contribution in [0.25, 0.3) is 0 Å². The van der Waals surface area contributed by atoms with Gasteiger partial charge in [-0.25, -0.2) is 0 Å². The minimum atomic E-state index is -1.94. The first-order valence-electron chi connectivity index (χ1n) is 6.24. The van der Waals surface area contributed by atoms with Gasteiger partial charge in [0.25, 0.3) is 0 Å². The Labute approximate surface area is 94.6 Å². The molecule has 0 aromatic heterocycles. The quantitative estimate of drug-likeness (QED) is 0.687. The Morgan fingerprint density at radius 1 is 1.07 bits per heavy atom. The van der Waals surface area contributed by atoms with Crippen molar-refractivity contribution in [2.75, 3.05) is 14.2 Å². The molecule has 0 spiro atoms. The van der Waals surface area contributed by atoms with Crippen molar-refractivity contribution in [2.24, 2.45) is 11.8 Å². The van der Waals surface area contributed by atoms with E-state index in [0.717, 1.165) is 17.4 Å². The maximum absolute atomic E-state index is 5.90. The van der Waals surface area contributed by atoms with Gasteiger partial charge in [0.1, 0.15) is 0 Å². The number of hydrogen-bond acceptors (Lipinski definition) is 2. The van der Waals surface area contributed by atoms with E-state index >= 15 is 0 Å². The summed E-state index contributed by atoms with van der Waals surface area (Å²) in [6.45, 7) is 4.54. The van der Waals surface area contributed by atoms with E-state index in [9.17, 15) is 0 Å². The molecule has 0 radical (unpaired) electrons. The third-order valence-corrected chi connectivity index (χ3v) is 9.32. The zero-order chi connectivity index (χ0) is 11.1. The summed E-state index contributed by atoms with van der Waals surface area (Å²) < 4.78 is 11.8. The van der Waals surface area contributed by atoms with E-state index in [2.05, 4.69) is 13.8 Å². The molecule has 15 heavy (non-hydrogen) atoms. The average Bonchev–Trinajstić information content (AvgIpc) is 2.82. The van der Waals surface area contributed by atoms with Crippen molar-refractivity contribution >= 4 is 8.56 Å². The molecule has 0 amide bonds. The number of hydrogen-bond donors (Lipinski definition) is 0. The molecule has 2 bridgehead atoms. The molecule has 2 aliphatic carbocycles. The van der Waals surface area contributed by atoms with E-state index in [-0.39, 0.29) is 0 Å². The lowest BCUT2D eigenvalue weighted by molar-refractivity contribution is 0.203. The molecular formula is C12H24O2Si. The highest BCUT2D eigenvalue weighted by Crippen LogP contribution is 2.57. The van der Waals surface area contributed by atoms with Crippen molar-refractivity contribution in [3.8, 4) is 0 Å². The Bertz CT molecular complexity index is 226. The first kappa shape index (κ1) is 11.6. The Hall–Kier alpha value is 0.137. The molecule has 2 saturated carbocycles. The summed E-state index contributed by atoms with van der Waals surface area (Å²) >= 11 is 0. The van der Waals surface area contributed by atoms with Crippen LogP contribution in [0.5, 0.6) is 0 Å². The van der Waals surface area contributed by atoms with Crippen molar-refractivity contribution in [2.45, 2.75) is 50.6 Å². The second-order valence-corrected chi connectivity index (χ2v) is 9.72. The summed E-state index contributed by atoms with van der Waals surface area (Å²) in [5, 5.41) is 0. The van der Waals surface area contributed by atoms with Gasteiger partial charge in [0.15, 0.2) is 0 Å². The van der Waals surface area contributed by atoms with Gasteiger partial charge in [-0.3, -0.25) is 0 Å². The van der Waals surface area contributed by atoms with E-state index in [0.29, 0.717) is 5.54 Å². The summed E-state index contributed by atoms with van der Waals surface area (Å²) in [6.07, 6.45) is 5.69. The van der Waals surface area contributed by atoms with Gasteiger partial charge in [0.05, 0.1) is 0 Å². The summed E-state index contributed by atoms with van der Waals surface area (Å²) in [5.41, 5.74) is 1.32. The lowest BCUT2D eigenvalue weighted by atomic mass is 10.0. The highest BCUT2D eigenvalue weighted by molar-refractivity contribution is 6.70. The Balaban J connectivity index is 2.18. The maximum atomic E-state index is 5.90. The summed E-state index contributed by atoms with van der Waals surface area (Å²) in [7, 11) is 1.78. The zero-order valence-corrected chi connectivity index (χ0v) is 11.5. The Morgan fingerprint density at radius 3 is 2.07 bits per heavy atom. The molecule has 0 aromatic carbocycles. The fourth-order valence-corrected chi connectivity index (χ4v) is 8.22. The fourth-order valence-electron chi connectivity index (χ4n) is 4.02. The van der Waals surface area contributed by atoms with E-state index < -0.39 is 8.56 Å². The molecule has 0 heterocycles. The second kappa shape index (κ2) is 4.19. The smallest absolute Gasteiger partial charge is 0.343 e. The Kier molecular flexibility index (Phi) is 3.24. The van der Waals surface area contributed by atoms with Gasteiger partial charge in [0.2, 0.25) is 0 Å². The highest BCUT2D eigenvalue weighted by Gasteiger charge is 2.56. The van der Waals surface area contributed by atoms with Crippen LogP contribution in [0, 0.1) is 11.8 Å². The van der Waals surface area contributed by atoms with E-state index in [1.54, 1.807) is 0 Å². The lowest BCUT2D eigenvalue weighted by Crippen LogP contribution is -2.49. The molecule has 0 aliphatic heterocycles. The van der Waals surface area contributed by atoms with Crippen LogP contribution in [-0.4, -0.2) is 22.8 Å². The molecule has 0 saturated heterocycles. The fraction of sp³-hybridized carbons (Fsp3) is 1.00. The van der Waals surface area contributed by atoms with Gasteiger partial charge in [-0.2, -0.15) is 0 Å². The highest BCUT2D eigenvalue weighted by atomic mass is 28.4. The average molecular weight is 228 g/mol. The Morgan fingerprint density at radius 2 is 1.73 bits per heavy atom. The number of rotatable bonds is 4. The standard InChI is InChI=1S/C12H24O2Si/c1-9(2)15(13-3,14-4)12-8-10-5-6-11(12)7-10/h9-12H,5-8H2,1-4H3. The van der Waals surface area contributed by atoms with Crippen LogP contribution < -0.4 is 0 Å². The molecule has 0 N–H and O–H groups in total. The topological polar surface area (TPSA) is 18.5 Å². The molecule has 2 aliphatic rings. The molecule has 2 rings (SSSR count). The minimum absolute atomic E-state index is 0.567. The van der Waals surface area contributed by atoms with Crippen LogP contribution >= 0.6 is 0 Å². The van der Waals surface area contributed by atoms with Crippen molar-refractivity contribution in [3.63, 3.8) is 0 Å². The van der Waals surface area contributed by atoms with Crippen LogP contribution in [0.2, 0.25) is 11.1 Å². The molecule has 3 atom stereocenters. The van der Waals surface area contributed by atoms with Gasteiger partial charge in [-0.15, -0.1) is 0 Å². The van der Waals surface area contributed by atoms with E-state index in [1.165, 1.54) is 25.7 Å². The van der Waals surface area contributed by atoms with Crippen LogP contribution in [0.4, 0.5) is 0 Å². The molecular weight excluding hydrogens is 204 g/mol. The second-order valence-electron chi connectivity index (χ2n) is 5.57. The van der Waals surface area contributed by atoms with Crippen molar-refractivity contribution in [1.29, 1.82) is 0 Å². The van der Waals surface area contributed by atoms with Gasteiger partial charge in [-0.1, -0.05) is 26.7 Å². The molecule has 88 valence electrons. The van der Waals surface area contributed by atoms with Crippen molar-refractivity contribution in [3.05, 3.63) is 0 Å². The SMILES string of the molecule is CO[Si](OC)(C(C)C)C1CC2CCC1C2. The monoisotopic (exact) mass is 228 g/mol. The van der Waals surface area contributed by atoms with E-state index in [1.807, 2.05) is 14.2 Å². The maximum Gasteiger partial charge on any atom is 0.343 e. The van der Waals surface area contributed by atoms with Crippen LogP contribution in [0.3, 0.4) is 0 Å². The van der Waals surface area contributed by atoms with Crippen molar-refractivity contribution < 1.29 is 8.85 Å². The largest absolute Gasteiger partial charge is 0.397 e. The minimum Gasteiger partial charge on any atom is -0.397 e. The van der Waals surface area contributed by atoms with Gasteiger partial charge in [-0.05, 0) is 30.2 Å². The van der Waals surface area contributed by atoms with Crippen molar-refractivity contribution in [1.82, 2.24) is 0 Å². The molecule has 2 nitrogen and oxygen atoms in total. The van der Waals surface area contributed by atoms with Crippen LogP contribution in [-0.2, 0) is 8.85 Å². The molecule has 3 unspecified atom stereocenters. The first-order valence-corrected chi connectivity index (χ1v) is 8.21. The molecule has 3 heteroatoms. The molecule has 2 fully saturated rings. The van der Waals surface area contributed by atoms with Gasteiger partial charge < -0.3 is 8.85 Å². The first-order chi connectivity index (χ1) is 7.14. The van der Waals surface area contributed by atoms with Gasteiger partial charge >= 0.3 is 8.56 Å². The third-order valence-electron chi connectivity index (χ3n) is 4.70. The van der Waals surface area contributed by atoms with Crippen LogP contribution in [0.1, 0.15) is 39.5 Å². The summed E-state index contributed by atoms with van der Waals surface area (Å²) in [5.74, 6) is 1.89. The van der Waals surface area contributed by atoms with E-state index in [4.69, 9.17) is 8.85 Å². The van der Waals surface area contributed by atoms with Crippen LogP contribution in [0.15, 0.2) is 0 Å². The zero-order valence-electron chi connectivity index (χ0n) is 10.5. The molecule has 0 aromatic rings.